The van der Waals surface area contributed by atoms with Crippen LogP contribution in [-0.2, 0) is 37.5 Å². The standard InChI is InChI=1S/C48H76NO10P/c1-3-5-7-9-11-13-15-17-19-21-22-24-26-28-30-32-34-36-38-40-47(51)59-44(42-57-60(54,55)58-43-45(49)48(52)53)41-56-46(50)39-37-35-33-31-29-27-25-23-20-18-16-14-12-10-8-6-4-2/h6,8,11-14,17-20,22,24-25,27-28,30-31,33,44-45H,3-5,7,9-10,15-16,21,23,26,29,32,34-43,49H2,1-2H3,(H,52,53)(H,54,55)/b8-6-,13-11-,14-12-,19-17-,20-18-,24-22-,27-25-,30-28-,33-31-/t44-,45+/m1/s1. The van der Waals surface area contributed by atoms with Crippen molar-refractivity contribution in [1.82, 2.24) is 0 Å². The van der Waals surface area contributed by atoms with Gasteiger partial charge in [-0.05, 0) is 96.3 Å². The molecule has 338 valence electrons. The van der Waals surface area contributed by atoms with E-state index in [1.165, 1.54) is 19.3 Å². The fourth-order valence-corrected chi connectivity index (χ4v) is 5.86. The van der Waals surface area contributed by atoms with Gasteiger partial charge in [-0.3, -0.25) is 23.4 Å². The number of hydrogen-bond donors (Lipinski definition) is 3. The minimum absolute atomic E-state index is 0.104. The summed E-state index contributed by atoms with van der Waals surface area (Å²) in [6, 6.07) is -1.54. The van der Waals surface area contributed by atoms with Gasteiger partial charge in [0, 0.05) is 12.8 Å². The van der Waals surface area contributed by atoms with Gasteiger partial charge in [0.05, 0.1) is 13.2 Å². The first-order chi connectivity index (χ1) is 29.1. The molecule has 0 fully saturated rings. The smallest absolute Gasteiger partial charge is 0.472 e. The SMILES string of the molecule is CC/C=C\C/C=C\C/C=C\C/C=C\C/C=C\CCCC(=O)OC[C@H](COP(=O)(O)OC[C@H](N)C(=O)O)OC(=O)CCCCC/C=C\C/C=C\C/C=C\C/C=C\CCCCC. The number of rotatable bonds is 39. The van der Waals surface area contributed by atoms with Crippen LogP contribution in [0.5, 0.6) is 0 Å². The van der Waals surface area contributed by atoms with Gasteiger partial charge in [0.2, 0.25) is 0 Å². The molecule has 0 saturated carbocycles. The average molecular weight is 858 g/mol. The number of hydrogen-bond acceptors (Lipinski definition) is 9. The molecule has 0 heterocycles. The molecule has 0 aromatic rings. The lowest BCUT2D eigenvalue weighted by Gasteiger charge is -2.20. The maximum absolute atomic E-state index is 12.6. The van der Waals surface area contributed by atoms with E-state index in [1.807, 2.05) is 12.2 Å². The minimum Gasteiger partial charge on any atom is -0.480 e. The van der Waals surface area contributed by atoms with Gasteiger partial charge in [-0.2, -0.15) is 0 Å². The van der Waals surface area contributed by atoms with Crippen LogP contribution in [0.25, 0.3) is 0 Å². The summed E-state index contributed by atoms with van der Waals surface area (Å²) in [5, 5.41) is 8.89. The zero-order valence-electron chi connectivity index (χ0n) is 36.5. The fourth-order valence-electron chi connectivity index (χ4n) is 5.08. The van der Waals surface area contributed by atoms with E-state index in [-0.39, 0.29) is 12.8 Å². The summed E-state index contributed by atoms with van der Waals surface area (Å²) >= 11 is 0. The number of phosphoric ester groups is 1. The second kappa shape index (κ2) is 41.9. The highest BCUT2D eigenvalue weighted by Crippen LogP contribution is 2.43. The topological polar surface area (TPSA) is 172 Å². The molecule has 4 N–H and O–H groups in total. The highest BCUT2D eigenvalue weighted by Gasteiger charge is 2.28. The Bertz CT molecular complexity index is 1430. The summed E-state index contributed by atoms with van der Waals surface area (Å²) in [6.07, 6.45) is 54.4. The number of carbonyl (C=O) groups is 3. The van der Waals surface area contributed by atoms with E-state index in [1.54, 1.807) is 0 Å². The summed E-state index contributed by atoms with van der Waals surface area (Å²) in [5.74, 6) is -2.51. The Hall–Kier alpha value is -3.86. The lowest BCUT2D eigenvalue weighted by molar-refractivity contribution is -0.161. The molecule has 0 aliphatic rings. The van der Waals surface area contributed by atoms with Crippen LogP contribution in [0.15, 0.2) is 109 Å². The van der Waals surface area contributed by atoms with E-state index in [4.69, 9.17) is 24.8 Å². The Morgan fingerprint density at radius 2 is 0.950 bits per heavy atom. The molecule has 0 saturated heterocycles. The Kier molecular flexibility index (Phi) is 39.2. The molecule has 0 aromatic carbocycles. The van der Waals surface area contributed by atoms with E-state index >= 15 is 0 Å². The summed E-state index contributed by atoms with van der Waals surface area (Å²) in [5.41, 5.74) is 5.33. The summed E-state index contributed by atoms with van der Waals surface area (Å²) < 4.78 is 32.6. The number of phosphoric acid groups is 1. The number of carboxylic acid groups (broad SMARTS) is 1. The number of nitrogens with two attached hydrogens (primary N) is 1. The predicted molar refractivity (Wildman–Crippen MR) is 244 cm³/mol. The van der Waals surface area contributed by atoms with E-state index in [9.17, 15) is 23.8 Å². The number of carbonyl (C=O) groups excluding carboxylic acids is 2. The van der Waals surface area contributed by atoms with Gasteiger partial charge in [0.25, 0.3) is 0 Å². The van der Waals surface area contributed by atoms with E-state index in [2.05, 4.69) is 116 Å². The molecule has 1 unspecified atom stereocenters. The van der Waals surface area contributed by atoms with E-state index in [0.717, 1.165) is 77.0 Å². The van der Waals surface area contributed by atoms with Crippen LogP contribution in [0.1, 0.15) is 142 Å². The third kappa shape index (κ3) is 40.9. The highest BCUT2D eigenvalue weighted by molar-refractivity contribution is 7.47. The van der Waals surface area contributed by atoms with Crippen molar-refractivity contribution in [2.45, 2.75) is 154 Å². The summed E-state index contributed by atoms with van der Waals surface area (Å²) in [6.45, 7) is 2.55. The van der Waals surface area contributed by atoms with Gasteiger partial charge in [0.15, 0.2) is 6.10 Å². The van der Waals surface area contributed by atoms with Crippen LogP contribution in [0.4, 0.5) is 0 Å². The molecule has 3 atom stereocenters. The molecule has 0 spiro atoms. The van der Waals surface area contributed by atoms with Crippen molar-refractivity contribution in [2.75, 3.05) is 19.8 Å². The maximum atomic E-state index is 12.6. The van der Waals surface area contributed by atoms with Crippen molar-refractivity contribution in [2.24, 2.45) is 5.73 Å². The molecule has 0 aliphatic heterocycles. The third-order valence-corrected chi connectivity index (χ3v) is 9.46. The minimum atomic E-state index is -4.75. The molecule has 0 amide bonds. The van der Waals surface area contributed by atoms with Gasteiger partial charge in [-0.25, -0.2) is 4.57 Å². The van der Waals surface area contributed by atoms with Crippen LogP contribution >= 0.6 is 7.82 Å². The molecule has 12 heteroatoms. The highest BCUT2D eigenvalue weighted by atomic mass is 31.2. The molecule has 0 aromatic heterocycles. The van der Waals surface area contributed by atoms with E-state index < -0.39 is 57.7 Å². The molecule has 0 radical (unpaired) electrons. The number of aliphatic carboxylic acids is 1. The molecule has 0 rings (SSSR count). The zero-order chi connectivity index (χ0) is 44.2. The fraction of sp³-hybridized carbons (Fsp3) is 0.562. The van der Waals surface area contributed by atoms with Crippen molar-refractivity contribution in [3.05, 3.63) is 109 Å². The lowest BCUT2D eigenvalue weighted by atomic mass is 10.1. The van der Waals surface area contributed by atoms with Crippen LogP contribution in [0.3, 0.4) is 0 Å². The number of esters is 2. The molecule has 0 aliphatic carbocycles. The summed E-state index contributed by atoms with van der Waals surface area (Å²) in [7, 11) is -4.75. The maximum Gasteiger partial charge on any atom is 0.472 e. The van der Waals surface area contributed by atoms with Gasteiger partial charge in [-0.15, -0.1) is 0 Å². The van der Waals surface area contributed by atoms with Crippen LogP contribution < -0.4 is 5.73 Å². The lowest BCUT2D eigenvalue weighted by Crippen LogP contribution is -2.34. The van der Waals surface area contributed by atoms with Crippen molar-refractivity contribution in [1.29, 1.82) is 0 Å². The second-order valence-electron chi connectivity index (χ2n) is 14.1. The number of allylic oxidation sites excluding steroid dienone is 18. The first-order valence-corrected chi connectivity index (χ1v) is 23.4. The first kappa shape index (κ1) is 56.1. The molecular formula is C48H76NO10P. The second-order valence-corrected chi connectivity index (χ2v) is 15.5. The molecule has 11 nitrogen and oxygen atoms in total. The van der Waals surface area contributed by atoms with Crippen LogP contribution in [-0.4, -0.2) is 59.9 Å². The first-order valence-electron chi connectivity index (χ1n) is 21.9. The van der Waals surface area contributed by atoms with Crippen molar-refractivity contribution in [3.8, 4) is 0 Å². The van der Waals surface area contributed by atoms with E-state index in [0.29, 0.717) is 19.3 Å². The molecule has 0 bridgehead atoms. The Morgan fingerprint density at radius 1 is 0.533 bits per heavy atom. The van der Waals surface area contributed by atoms with Gasteiger partial charge in [0.1, 0.15) is 12.6 Å². The van der Waals surface area contributed by atoms with Crippen molar-refractivity contribution in [3.63, 3.8) is 0 Å². The van der Waals surface area contributed by atoms with Crippen LogP contribution in [0, 0.1) is 0 Å². The number of unbranched alkanes of at least 4 members (excludes halogenated alkanes) is 7. The van der Waals surface area contributed by atoms with Gasteiger partial charge >= 0.3 is 25.7 Å². The monoisotopic (exact) mass is 858 g/mol. The zero-order valence-corrected chi connectivity index (χ0v) is 37.4. The molecule has 60 heavy (non-hydrogen) atoms. The predicted octanol–water partition coefficient (Wildman–Crippen LogP) is 11.8. The number of carboxylic acids is 1. The van der Waals surface area contributed by atoms with Crippen LogP contribution in [0.2, 0.25) is 0 Å². The quantitative estimate of drug-likeness (QED) is 0.0232. The normalized spacial score (nSPS) is 14.7. The average Bonchev–Trinajstić information content (AvgIpc) is 3.22. The summed E-state index contributed by atoms with van der Waals surface area (Å²) in [4.78, 5) is 46.0. The third-order valence-electron chi connectivity index (χ3n) is 8.50. The van der Waals surface area contributed by atoms with Crippen molar-refractivity contribution < 1.29 is 47.5 Å². The largest absolute Gasteiger partial charge is 0.480 e. The Labute approximate surface area is 361 Å². The Morgan fingerprint density at radius 3 is 1.42 bits per heavy atom. The van der Waals surface area contributed by atoms with Gasteiger partial charge < -0.3 is 25.2 Å². The molecular weight excluding hydrogens is 781 g/mol. The van der Waals surface area contributed by atoms with Gasteiger partial charge in [-0.1, -0.05) is 142 Å². The van der Waals surface area contributed by atoms with Crippen molar-refractivity contribution >= 4 is 25.7 Å². The Balaban J connectivity index is 4.55. The number of ether oxygens (including phenoxy) is 2.